The van der Waals surface area contributed by atoms with Crippen molar-refractivity contribution in [1.29, 1.82) is 0 Å². The second-order valence-electron chi connectivity index (χ2n) is 10.2. The van der Waals surface area contributed by atoms with E-state index in [1.54, 1.807) is 18.4 Å². The van der Waals surface area contributed by atoms with Crippen molar-refractivity contribution in [3.8, 4) is 5.75 Å². The third kappa shape index (κ3) is 5.14. The first-order chi connectivity index (χ1) is 16.6. The summed E-state index contributed by atoms with van der Waals surface area (Å²) in [5, 5.41) is 6.32. The zero-order valence-electron chi connectivity index (χ0n) is 20.1. The number of aromatic nitrogens is 1. The van der Waals surface area contributed by atoms with E-state index in [-0.39, 0.29) is 17.4 Å². The summed E-state index contributed by atoms with van der Waals surface area (Å²) in [6, 6.07) is 7.69. The van der Waals surface area contributed by atoms with Gasteiger partial charge in [-0.05, 0) is 62.1 Å². The molecule has 3 aliphatic rings. The Balaban J connectivity index is 1.12. The van der Waals surface area contributed by atoms with Crippen LogP contribution in [0.4, 0.5) is 0 Å². The van der Waals surface area contributed by atoms with Crippen molar-refractivity contribution in [2.45, 2.75) is 75.7 Å². The molecule has 3 fully saturated rings. The standard InChI is InChI=1S/C27H35N3O3S/c1-33-22-9-7-19(8-10-22)17-24(31)30-15-11-20(12-16-30)26-28-23(18-34-26)25(32)29-27(13-14-27)21-5-3-2-4-6-21/h7-10,18,20-21H,2-6,11-17H2,1H3,(H,29,32). The maximum Gasteiger partial charge on any atom is 0.271 e. The molecule has 7 heteroatoms. The number of thiazole rings is 1. The molecule has 2 amide bonds. The second kappa shape index (κ2) is 10.1. The molecule has 0 radical (unpaired) electrons. The lowest BCUT2D eigenvalue weighted by molar-refractivity contribution is -0.131. The van der Waals surface area contributed by atoms with Crippen LogP contribution in [0.1, 0.15) is 84.8 Å². The minimum absolute atomic E-state index is 0.00215. The Morgan fingerprint density at radius 2 is 1.79 bits per heavy atom. The number of nitrogens with one attached hydrogen (secondary N) is 1. The van der Waals surface area contributed by atoms with Crippen molar-refractivity contribution < 1.29 is 14.3 Å². The molecule has 1 aliphatic heterocycles. The van der Waals surface area contributed by atoms with Gasteiger partial charge in [0.25, 0.3) is 5.91 Å². The van der Waals surface area contributed by atoms with Gasteiger partial charge < -0.3 is 15.0 Å². The molecular weight excluding hydrogens is 446 g/mol. The molecule has 1 saturated heterocycles. The van der Waals surface area contributed by atoms with Gasteiger partial charge in [-0.1, -0.05) is 31.4 Å². The molecule has 0 atom stereocenters. The highest BCUT2D eigenvalue weighted by molar-refractivity contribution is 7.09. The van der Waals surface area contributed by atoms with Crippen molar-refractivity contribution in [2.75, 3.05) is 20.2 Å². The molecule has 6 nitrogen and oxygen atoms in total. The highest BCUT2D eigenvalue weighted by Gasteiger charge is 2.50. The van der Waals surface area contributed by atoms with Crippen molar-refractivity contribution >= 4 is 23.2 Å². The van der Waals surface area contributed by atoms with Gasteiger partial charge in [0.1, 0.15) is 11.4 Å². The highest BCUT2D eigenvalue weighted by Crippen LogP contribution is 2.48. The van der Waals surface area contributed by atoms with E-state index >= 15 is 0 Å². The van der Waals surface area contributed by atoms with E-state index in [1.807, 2.05) is 34.5 Å². The number of hydrogen-bond donors (Lipinski definition) is 1. The van der Waals surface area contributed by atoms with Crippen LogP contribution in [0, 0.1) is 5.92 Å². The monoisotopic (exact) mass is 481 g/mol. The number of carbonyl (C=O) groups excluding carboxylic acids is 2. The van der Waals surface area contributed by atoms with Crippen molar-refractivity contribution in [3.05, 3.63) is 45.9 Å². The van der Waals surface area contributed by atoms with Gasteiger partial charge in [0.15, 0.2) is 0 Å². The number of likely N-dealkylation sites (tertiary alicyclic amines) is 1. The number of hydrogen-bond acceptors (Lipinski definition) is 5. The SMILES string of the molecule is COc1ccc(CC(=O)N2CCC(c3nc(C(=O)NC4(C5CCCCC5)CC4)cs3)CC2)cc1. The molecule has 182 valence electrons. The van der Waals surface area contributed by atoms with Crippen LogP contribution in [0.3, 0.4) is 0 Å². The largest absolute Gasteiger partial charge is 0.497 e. The number of nitrogens with zero attached hydrogens (tertiary/aromatic N) is 2. The molecule has 1 aromatic carbocycles. The zero-order valence-corrected chi connectivity index (χ0v) is 20.9. The number of carbonyl (C=O) groups is 2. The normalized spacial score (nSPS) is 20.7. The van der Waals surface area contributed by atoms with E-state index < -0.39 is 0 Å². The number of ether oxygens (including phenoxy) is 1. The Bertz CT molecular complexity index is 1000. The maximum absolute atomic E-state index is 13.0. The Hall–Kier alpha value is -2.41. The molecule has 2 aromatic rings. The van der Waals surface area contributed by atoms with Gasteiger partial charge >= 0.3 is 0 Å². The number of piperidine rings is 1. The van der Waals surface area contributed by atoms with Gasteiger partial charge in [-0.15, -0.1) is 11.3 Å². The molecule has 0 bridgehead atoms. The van der Waals surface area contributed by atoms with Crippen molar-refractivity contribution in [2.24, 2.45) is 5.92 Å². The van der Waals surface area contributed by atoms with Crippen LogP contribution in [-0.4, -0.2) is 47.4 Å². The molecule has 34 heavy (non-hydrogen) atoms. The lowest BCUT2D eigenvalue weighted by Gasteiger charge is -2.31. The van der Waals surface area contributed by atoms with E-state index in [9.17, 15) is 9.59 Å². The molecule has 1 N–H and O–H groups in total. The Kier molecular flexibility index (Phi) is 6.91. The minimum atomic E-state index is -0.00215. The first-order valence-electron chi connectivity index (χ1n) is 12.7. The summed E-state index contributed by atoms with van der Waals surface area (Å²) >= 11 is 1.59. The summed E-state index contributed by atoms with van der Waals surface area (Å²) in [6.07, 6.45) is 10.9. The molecule has 5 rings (SSSR count). The van der Waals surface area contributed by atoms with Gasteiger partial charge in [-0.25, -0.2) is 4.98 Å². The Morgan fingerprint density at radius 1 is 1.09 bits per heavy atom. The topological polar surface area (TPSA) is 71.5 Å². The fourth-order valence-corrected chi connectivity index (χ4v) is 6.67. The average molecular weight is 482 g/mol. The van der Waals surface area contributed by atoms with E-state index in [4.69, 9.17) is 9.72 Å². The van der Waals surface area contributed by atoms with Crippen LogP contribution >= 0.6 is 11.3 Å². The van der Waals surface area contributed by atoms with E-state index in [0.717, 1.165) is 55.1 Å². The molecule has 2 aliphatic carbocycles. The molecule has 2 saturated carbocycles. The minimum Gasteiger partial charge on any atom is -0.497 e. The van der Waals surface area contributed by atoms with Crippen LogP contribution in [0.25, 0.3) is 0 Å². The van der Waals surface area contributed by atoms with Crippen LogP contribution in [0.5, 0.6) is 5.75 Å². The summed E-state index contributed by atoms with van der Waals surface area (Å²) in [5.74, 6) is 1.93. The smallest absolute Gasteiger partial charge is 0.271 e. The lowest BCUT2D eigenvalue weighted by atomic mass is 9.82. The fourth-order valence-electron chi connectivity index (χ4n) is 5.70. The number of amides is 2. The van der Waals surface area contributed by atoms with E-state index in [2.05, 4.69) is 5.32 Å². The summed E-state index contributed by atoms with van der Waals surface area (Å²) in [7, 11) is 1.64. The number of methoxy groups -OCH3 is 1. The van der Waals surface area contributed by atoms with E-state index in [0.29, 0.717) is 24.0 Å². The quantitative estimate of drug-likeness (QED) is 0.608. The van der Waals surface area contributed by atoms with Crippen molar-refractivity contribution in [1.82, 2.24) is 15.2 Å². The highest BCUT2D eigenvalue weighted by atomic mass is 32.1. The van der Waals surface area contributed by atoms with Gasteiger partial charge in [0.05, 0.1) is 18.5 Å². The summed E-state index contributed by atoms with van der Waals surface area (Å²) < 4.78 is 5.19. The molecule has 1 aromatic heterocycles. The van der Waals surface area contributed by atoms with E-state index in [1.165, 1.54) is 32.1 Å². The maximum atomic E-state index is 13.0. The molecular formula is C27H35N3O3S. The third-order valence-corrected chi connectivity index (χ3v) is 9.01. The van der Waals surface area contributed by atoms with Crippen LogP contribution in [0.15, 0.2) is 29.6 Å². The lowest BCUT2D eigenvalue weighted by Crippen LogP contribution is -2.43. The summed E-state index contributed by atoms with van der Waals surface area (Å²) in [6.45, 7) is 1.48. The summed E-state index contributed by atoms with van der Waals surface area (Å²) in [5.41, 5.74) is 1.61. The fraction of sp³-hybridized carbons (Fsp3) is 0.593. The predicted octanol–water partition coefficient (Wildman–Crippen LogP) is 4.94. The van der Waals surface area contributed by atoms with Crippen LogP contribution in [0.2, 0.25) is 0 Å². The Labute approximate surface area is 206 Å². The number of rotatable bonds is 7. The van der Waals surface area contributed by atoms with Crippen molar-refractivity contribution in [3.63, 3.8) is 0 Å². The van der Waals surface area contributed by atoms with Gasteiger partial charge in [0, 0.05) is 29.9 Å². The van der Waals surface area contributed by atoms with Gasteiger partial charge in [-0.2, -0.15) is 0 Å². The number of benzene rings is 1. The van der Waals surface area contributed by atoms with Crippen LogP contribution in [-0.2, 0) is 11.2 Å². The van der Waals surface area contributed by atoms with Gasteiger partial charge in [0.2, 0.25) is 5.91 Å². The second-order valence-corrected chi connectivity index (χ2v) is 11.1. The third-order valence-electron chi connectivity index (χ3n) is 8.00. The summed E-state index contributed by atoms with van der Waals surface area (Å²) in [4.78, 5) is 32.4. The first-order valence-corrected chi connectivity index (χ1v) is 13.6. The first kappa shape index (κ1) is 23.3. The average Bonchev–Trinajstić information content (AvgIpc) is 3.49. The Morgan fingerprint density at radius 3 is 2.44 bits per heavy atom. The predicted molar refractivity (Wildman–Crippen MR) is 133 cm³/mol. The zero-order chi connectivity index (χ0) is 23.5. The van der Waals surface area contributed by atoms with Crippen LogP contribution < -0.4 is 10.1 Å². The molecule has 2 heterocycles. The van der Waals surface area contributed by atoms with Gasteiger partial charge in [-0.3, -0.25) is 9.59 Å². The molecule has 0 unspecified atom stereocenters. The molecule has 0 spiro atoms.